The molecule has 0 spiro atoms. The van der Waals surface area contributed by atoms with Crippen molar-refractivity contribution in [2.24, 2.45) is 11.1 Å². The van der Waals surface area contributed by atoms with E-state index in [2.05, 4.69) is 11.4 Å². The van der Waals surface area contributed by atoms with E-state index in [4.69, 9.17) is 11.0 Å². The number of carbonyl (C=O) groups excluding carboxylic acids is 1. The SMILES string of the molecule is CC(C)(C#N)CNC(=O)C(CN)c1ccccc1. The Morgan fingerprint density at radius 1 is 1.44 bits per heavy atom. The molecule has 3 N–H and O–H groups in total. The smallest absolute Gasteiger partial charge is 0.228 e. The van der Waals surface area contributed by atoms with Crippen LogP contribution < -0.4 is 11.1 Å². The van der Waals surface area contributed by atoms with Gasteiger partial charge in [0, 0.05) is 13.1 Å². The lowest BCUT2D eigenvalue weighted by Crippen LogP contribution is -2.38. The van der Waals surface area contributed by atoms with Crippen LogP contribution in [-0.2, 0) is 4.79 Å². The molecule has 1 atom stereocenters. The summed E-state index contributed by atoms with van der Waals surface area (Å²) in [6, 6.07) is 11.6. The number of benzene rings is 1. The van der Waals surface area contributed by atoms with E-state index in [1.807, 2.05) is 30.3 Å². The number of carbonyl (C=O) groups is 1. The van der Waals surface area contributed by atoms with E-state index in [9.17, 15) is 4.79 Å². The fourth-order valence-corrected chi connectivity index (χ4v) is 1.55. The maximum atomic E-state index is 12.0. The van der Waals surface area contributed by atoms with Crippen LogP contribution in [0.4, 0.5) is 0 Å². The number of nitrogens with zero attached hydrogens (tertiary/aromatic N) is 1. The highest BCUT2D eigenvalue weighted by atomic mass is 16.1. The van der Waals surface area contributed by atoms with Crippen LogP contribution in [0, 0.1) is 16.7 Å². The molecule has 0 bridgehead atoms. The average Bonchev–Trinajstić information content (AvgIpc) is 2.39. The van der Waals surface area contributed by atoms with Gasteiger partial charge < -0.3 is 11.1 Å². The van der Waals surface area contributed by atoms with E-state index in [1.165, 1.54) is 0 Å². The predicted octanol–water partition coefficient (Wildman–Crippen LogP) is 1.39. The third-order valence-corrected chi connectivity index (χ3v) is 2.76. The van der Waals surface area contributed by atoms with Gasteiger partial charge in [-0.1, -0.05) is 30.3 Å². The summed E-state index contributed by atoms with van der Waals surface area (Å²) in [5.74, 6) is -0.493. The Labute approximate surface area is 108 Å². The van der Waals surface area contributed by atoms with Crippen LogP contribution in [0.2, 0.25) is 0 Å². The van der Waals surface area contributed by atoms with Crippen molar-refractivity contribution < 1.29 is 4.79 Å². The van der Waals surface area contributed by atoms with Gasteiger partial charge in [0.25, 0.3) is 0 Å². The lowest BCUT2D eigenvalue weighted by Gasteiger charge is -2.19. The van der Waals surface area contributed by atoms with Crippen molar-refractivity contribution in [2.45, 2.75) is 19.8 Å². The summed E-state index contributed by atoms with van der Waals surface area (Å²) in [5, 5.41) is 11.7. The number of hydrogen-bond acceptors (Lipinski definition) is 3. The molecule has 0 fully saturated rings. The van der Waals surface area contributed by atoms with Crippen LogP contribution in [0.5, 0.6) is 0 Å². The first-order valence-electron chi connectivity index (χ1n) is 5.94. The maximum Gasteiger partial charge on any atom is 0.228 e. The van der Waals surface area contributed by atoms with E-state index in [-0.39, 0.29) is 18.4 Å². The number of nitriles is 1. The van der Waals surface area contributed by atoms with Gasteiger partial charge in [0.15, 0.2) is 0 Å². The van der Waals surface area contributed by atoms with Gasteiger partial charge in [-0.15, -0.1) is 0 Å². The van der Waals surface area contributed by atoms with Crippen LogP contribution in [0.25, 0.3) is 0 Å². The Morgan fingerprint density at radius 3 is 2.56 bits per heavy atom. The molecule has 0 aliphatic rings. The molecule has 1 rings (SSSR count). The van der Waals surface area contributed by atoms with Crippen molar-refractivity contribution in [3.63, 3.8) is 0 Å². The van der Waals surface area contributed by atoms with E-state index >= 15 is 0 Å². The Bertz CT molecular complexity index is 434. The quantitative estimate of drug-likeness (QED) is 0.822. The molecule has 0 saturated carbocycles. The Morgan fingerprint density at radius 2 is 2.06 bits per heavy atom. The van der Waals surface area contributed by atoms with Gasteiger partial charge in [0.1, 0.15) is 0 Å². The Balaban J connectivity index is 2.68. The van der Waals surface area contributed by atoms with Crippen LogP contribution in [0.3, 0.4) is 0 Å². The number of hydrogen-bond donors (Lipinski definition) is 2. The van der Waals surface area contributed by atoms with E-state index in [0.29, 0.717) is 6.54 Å². The first-order valence-corrected chi connectivity index (χ1v) is 5.94. The largest absolute Gasteiger partial charge is 0.354 e. The highest BCUT2D eigenvalue weighted by Crippen LogP contribution is 2.16. The van der Waals surface area contributed by atoms with Gasteiger partial charge in [-0.05, 0) is 19.4 Å². The molecule has 1 aromatic carbocycles. The molecule has 1 unspecified atom stereocenters. The standard InChI is InChI=1S/C14H19N3O/c1-14(2,9-16)10-17-13(18)12(8-15)11-6-4-3-5-7-11/h3-7,12H,8,10,15H2,1-2H3,(H,17,18). The highest BCUT2D eigenvalue weighted by molar-refractivity contribution is 5.83. The second kappa shape index (κ2) is 6.18. The first kappa shape index (κ1) is 14.2. The molecule has 0 aliphatic heterocycles. The summed E-state index contributed by atoms with van der Waals surface area (Å²) >= 11 is 0. The van der Waals surface area contributed by atoms with E-state index in [1.54, 1.807) is 13.8 Å². The molecule has 0 aliphatic carbocycles. The fourth-order valence-electron chi connectivity index (χ4n) is 1.55. The predicted molar refractivity (Wildman–Crippen MR) is 70.6 cm³/mol. The molecule has 18 heavy (non-hydrogen) atoms. The van der Waals surface area contributed by atoms with Crippen molar-refractivity contribution in [1.29, 1.82) is 5.26 Å². The lowest BCUT2D eigenvalue weighted by atomic mass is 9.94. The zero-order chi connectivity index (χ0) is 13.6. The van der Waals surface area contributed by atoms with E-state index < -0.39 is 5.41 Å². The second-order valence-electron chi connectivity index (χ2n) is 4.91. The fraction of sp³-hybridized carbons (Fsp3) is 0.429. The van der Waals surface area contributed by atoms with Crippen molar-refractivity contribution >= 4 is 5.91 Å². The average molecular weight is 245 g/mol. The van der Waals surface area contributed by atoms with Crippen LogP contribution in [-0.4, -0.2) is 19.0 Å². The molecule has 4 nitrogen and oxygen atoms in total. The molecule has 96 valence electrons. The summed E-state index contributed by atoms with van der Waals surface area (Å²) < 4.78 is 0. The summed E-state index contributed by atoms with van der Waals surface area (Å²) in [6.45, 7) is 4.15. The van der Waals surface area contributed by atoms with E-state index in [0.717, 1.165) is 5.56 Å². The first-order chi connectivity index (χ1) is 8.50. The van der Waals surface area contributed by atoms with Gasteiger partial charge in [-0.3, -0.25) is 4.79 Å². The summed E-state index contributed by atoms with van der Waals surface area (Å²) in [7, 11) is 0. The highest BCUT2D eigenvalue weighted by Gasteiger charge is 2.22. The van der Waals surface area contributed by atoms with Crippen molar-refractivity contribution in [3.8, 4) is 6.07 Å². The van der Waals surface area contributed by atoms with Crippen LogP contribution in [0.1, 0.15) is 25.3 Å². The normalized spacial score (nSPS) is 12.6. The number of nitrogens with one attached hydrogen (secondary N) is 1. The van der Waals surface area contributed by atoms with Gasteiger partial charge in [0.2, 0.25) is 5.91 Å². The molecule has 0 saturated heterocycles. The number of amides is 1. The van der Waals surface area contributed by atoms with Crippen molar-refractivity contribution in [3.05, 3.63) is 35.9 Å². The van der Waals surface area contributed by atoms with Crippen molar-refractivity contribution in [2.75, 3.05) is 13.1 Å². The minimum Gasteiger partial charge on any atom is -0.354 e. The topological polar surface area (TPSA) is 78.9 Å². The van der Waals surface area contributed by atoms with Crippen molar-refractivity contribution in [1.82, 2.24) is 5.32 Å². The molecule has 1 amide bonds. The Hall–Kier alpha value is -1.86. The molecule has 1 aromatic rings. The van der Waals surface area contributed by atoms with Gasteiger partial charge >= 0.3 is 0 Å². The summed E-state index contributed by atoms with van der Waals surface area (Å²) in [6.07, 6.45) is 0. The maximum absolute atomic E-state index is 12.0. The molecular weight excluding hydrogens is 226 g/mol. The molecule has 4 heteroatoms. The van der Waals surface area contributed by atoms with Gasteiger partial charge in [-0.2, -0.15) is 5.26 Å². The lowest BCUT2D eigenvalue weighted by molar-refractivity contribution is -0.122. The van der Waals surface area contributed by atoms with Gasteiger partial charge in [-0.25, -0.2) is 0 Å². The van der Waals surface area contributed by atoms with Crippen LogP contribution >= 0.6 is 0 Å². The molecule has 0 radical (unpaired) electrons. The second-order valence-corrected chi connectivity index (χ2v) is 4.91. The summed E-state index contributed by atoms with van der Waals surface area (Å²) in [5.41, 5.74) is 5.98. The van der Waals surface area contributed by atoms with Crippen LogP contribution in [0.15, 0.2) is 30.3 Å². The Kier molecular flexibility index (Phi) is 4.87. The third-order valence-electron chi connectivity index (χ3n) is 2.76. The number of rotatable bonds is 5. The third kappa shape index (κ3) is 3.86. The molecule has 0 aromatic heterocycles. The van der Waals surface area contributed by atoms with Gasteiger partial charge in [0.05, 0.1) is 17.4 Å². The minimum absolute atomic E-state index is 0.132. The summed E-state index contributed by atoms with van der Waals surface area (Å²) in [4.78, 5) is 12.0. The zero-order valence-electron chi connectivity index (χ0n) is 10.8. The molecule has 0 heterocycles. The monoisotopic (exact) mass is 245 g/mol. The molecular formula is C14H19N3O. The minimum atomic E-state index is -0.564. The number of nitrogens with two attached hydrogens (primary N) is 1. The zero-order valence-corrected chi connectivity index (χ0v) is 10.8.